The highest BCUT2D eigenvalue weighted by atomic mass is 79.9. The van der Waals surface area contributed by atoms with Crippen LogP contribution in [0.25, 0.3) is 0 Å². The number of Topliss-reactive ketones (excluding diaryl/α,β-unsaturated/α-hetero) is 1. The van der Waals surface area contributed by atoms with Crippen LogP contribution in [0.5, 0.6) is 5.75 Å². The van der Waals surface area contributed by atoms with Crippen LogP contribution in [0.15, 0.2) is 46.9 Å². The molecule has 1 unspecified atom stereocenters. The number of ketones is 1. The standard InChI is InChI=1S/C16H12BrF3O2.2C2H6/c17-12-2-1-3-14(15(12)20)22-9-8-13(19)16(21)10-4-6-11(18)7-5-10;2*1-2/h1-7,13H,8-9H2;2*1-2H3. The van der Waals surface area contributed by atoms with E-state index in [9.17, 15) is 18.0 Å². The smallest absolute Gasteiger partial charge is 0.197 e. The average molecular weight is 433 g/mol. The number of hydrogen-bond donors (Lipinski definition) is 0. The van der Waals surface area contributed by atoms with Gasteiger partial charge in [-0.05, 0) is 52.3 Å². The van der Waals surface area contributed by atoms with E-state index in [0.29, 0.717) is 0 Å². The zero-order valence-corrected chi connectivity index (χ0v) is 16.9. The van der Waals surface area contributed by atoms with Crippen molar-refractivity contribution in [1.82, 2.24) is 0 Å². The van der Waals surface area contributed by atoms with Gasteiger partial charge in [0.2, 0.25) is 0 Å². The molecule has 2 aromatic rings. The van der Waals surface area contributed by atoms with Crippen molar-refractivity contribution >= 4 is 21.7 Å². The molecule has 1 atom stereocenters. The number of rotatable bonds is 6. The van der Waals surface area contributed by atoms with Crippen molar-refractivity contribution in [1.29, 1.82) is 0 Å². The van der Waals surface area contributed by atoms with Crippen molar-refractivity contribution in [3.63, 3.8) is 0 Å². The summed E-state index contributed by atoms with van der Waals surface area (Å²) in [7, 11) is 0. The van der Waals surface area contributed by atoms with E-state index in [2.05, 4.69) is 15.9 Å². The number of ether oxygens (including phenoxy) is 1. The third-order valence-corrected chi connectivity index (χ3v) is 3.57. The van der Waals surface area contributed by atoms with E-state index in [1.54, 1.807) is 6.07 Å². The van der Waals surface area contributed by atoms with E-state index < -0.39 is 23.6 Å². The highest BCUT2D eigenvalue weighted by Crippen LogP contribution is 2.24. The van der Waals surface area contributed by atoms with Crippen LogP contribution in [0.3, 0.4) is 0 Å². The lowest BCUT2D eigenvalue weighted by Gasteiger charge is -2.10. The van der Waals surface area contributed by atoms with Gasteiger partial charge in [0.05, 0.1) is 11.1 Å². The highest BCUT2D eigenvalue weighted by Gasteiger charge is 2.19. The van der Waals surface area contributed by atoms with Crippen LogP contribution < -0.4 is 4.74 Å². The Morgan fingerprint density at radius 3 is 2.19 bits per heavy atom. The molecule has 0 saturated carbocycles. The van der Waals surface area contributed by atoms with Gasteiger partial charge < -0.3 is 4.74 Å². The SMILES string of the molecule is CC.CC.O=C(c1ccc(F)cc1)C(F)CCOc1cccc(Br)c1F. The van der Waals surface area contributed by atoms with Crippen molar-refractivity contribution in [3.05, 3.63) is 64.1 Å². The Kier molecular flexibility index (Phi) is 12.5. The molecule has 0 bridgehead atoms. The molecule has 2 nitrogen and oxygen atoms in total. The Bertz CT molecular complexity index is 661. The lowest BCUT2D eigenvalue weighted by molar-refractivity contribution is 0.0850. The first kappa shape index (κ1) is 24.2. The average Bonchev–Trinajstić information content (AvgIpc) is 2.68. The highest BCUT2D eigenvalue weighted by molar-refractivity contribution is 9.10. The fourth-order valence-corrected chi connectivity index (χ4v) is 2.14. The maximum Gasteiger partial charge on any atom is 0.197 e. The summed E-state index contributed by atoms with van der Waals surface area (Å²) >= 11 is 3.01. The fraction of sp³-hybridized carbons (Fsp3) is 0.350. The summed E-state index contributed by atoms with van der Waals surface area (Å²) in [6, 6.07) is 9.13. The van der Waals surface area contributed by atoms with E-state index in [1.165, 1.54) is 24.3 Å². The third kappa shape index (κ3) is 7.60. The Morgan fingerprint density at radius 1 is 1.04 bits per heavy atom. The molecule has 0 aliphatic rings. The molecule has 0 aliphatic heterocycles. The number of carbonyl (C=O) groups excluding carboxylic acids is 1. The van der Waals surface area contributed by atoms with Crippen molar-refractivity contribution < 1.29 is 22.7 Å². The van der Waals surface area contributed by atoms with Gasteiger partial charge in [0, 0.05) is 12.0 Å². The van der Waals surface area contributed by atoms with Crippen molar-refractivity contribution in [2.45, 2.75) is 40.3 Å². The molecule has 0 spiro atoms. The molecule has 6 heteroatoms. The Morgan fingerprint density at radius 2 is 1.62 bits per heavy atom. The van der Waals surface area contributed by atoms with Gasteiger partial charge in [0.15, 0.2) is 23.5 Å². The molecular formula is C20H24BrF3O2. The summed E-state index contributed by atoms with van der Waals surface area (Å²) in [6.45, 7) is 7.85. The molecule has 2 rings (SSSR count). The zero-order valence-electron chi connectivity index (χ0n) is 15.4. The van der Waals surface area contributed by atoms with Gasteiger partial charge in [-0.1, -0.05) is 33.8 Å². The topological polar surface area (TPSA) is 26.3 Å². The molecule has 26 heavy (non-hydrogen) atoms. The Labute approximate surface area is 161 Å². The molecule has 0 amide bonds. The van der Waals surface area contributed by atoms with Crippen LogP contribution in [-0.2, 0) is 0 Å². The first-order valence-electron chi connectivity index (χ1n) is 8.49. The number of alkyl halides is 1. The van der Waals surface area contributed by atoms with E-state index in [1.807, 2.05) is 27.7 Å². The first-order chi connectivity index (χ1) is 12.5. The van der Waals surface area contributed by atoms with E-state index in [4.69, 9.17) is 4.74 Å². The maximum atomic E-state index is 13.8. The molecule has 0 N–H and O–H groups in total. The van der Waals surface area contributed by atoms with Gasteiger partial charge in [-0.15, -0.1) is 0 Å². The van der Waals surface area contributed by atoms with Crippen molar-refractivity contribution in [3.8, 4) is 5.75 Å². The van der Waals surface area contributed by atoms with Crippen LogP contribution >= 0.6 is 15.9 Å². The predicted octanol–water partition coefficient (Wildman–Crippen LogP) is 6.77. The van der Waals surface area contributed by atoms with Crippen LogP contribution in [0, 0.1) is 11.6 Å². The van der Waals surface area contributed by atoms with Gasteiger partial charge in [-0.25, -0.2) is 13.2 Å². The zero-order chi connectivity index (χ0) is 20.1. The molecule has 0 fully saturated rings. The second kappa shape index (κ2) is 13.4. The largest absolute Gasteiger partial charge is 0.490 e. The third-order valence-electron chi connectivity index (χ3n) is 2.96. The normalized spacial score (nSPS) is 10.6. The van der Waals surface area contributed by atoms with Gasteiger partial charge in [0.1, 0.15) is 5.82 Å². The molecule has 0 saturated heterocycles. The second-order valence-electron chi connectivity index (χ2n) is 4.53. The summed E-state index contributed by atoms with van der Waals surface area (Å²) in [4.78, 5) is 11.8. The minimum absolute atomic E-state index is 0.0178. The predicted molar refractivity (Wildman–Crippen MR) is 103 cm³/mol. The van der Waals surface area contributed by atoms with Crippen LogP contribution in [0.4, 0.5) is 13.2 Å². The first-order valence-corrected chi connectivity index (χ1v) is 9.29. The van der Waals surface area contributed by atoms with Crippen molar-refractivity contribution in [2.24, 2.45) is 0 Å². The van der Waals surface area contributed by atoms with E-state index in [0.717, 1.165) is 12.1 Å². The van der Waals surface area contributed by atoms with Crippen molar-refractivity contribution in [2.75, 3.05) is 6.61 Å². The molecule has 2 aromatic carbocycles. The second-order valence-corrected chi connectivity index (χ2v) is 5.38. The summed E-state index contributed by atoms with van der Waals surface area (Å²) < 4.78 is 45.6. The van der Waals surface area contributed by atoms with Crippen LogP contribution in [0.2, 0.25) is 0 Å². The molecule has 0 radical (unpaired) electrons. The summed E-state index contributed by atoms with van der Waals surface area (Å²) in [5.74, 6) is -1.85. The summed E-state index contributed by atoms with van der Waals surface area (Å²) in [6.07, 6.45) is -2.01. The van der Waals surface area contributed by atoms with Gasteiger partial charge >= 0.3 is 0 Å². The van der Waals surface area contributed by atoms with E-state index >= 15 is 0 Å². The molecule has 0 heterocycles. The van der Waals surface area contributed by atoms with Gasteiger partial charge in [-0.3, -0.25) is 4.79 Å². The Hall–Kier alpha value is -1.82. The number of carbonyl (C=O) groups is 1. The van der Waals surface area contributed by atoms with Crippen LogP contribution in [-0.4, -0.2) is 18.6 Å². The van der Waals surface area contributed by atoms with Gasteiger partial charge in [-0.2, -0.15) is 0 Å². The lowest BCUT2D eigenvalue weighted by Crippen LogP contribution is -2.19. The van der Waals surface area contributed by atoms with Gasteiger partial charge in [0.25, 0.3) is 0 Å². The summed E-state index contributed by atoms with van der Waals surface area (Å²) in [5.41, 5.74) is 0.0857. The molecule has 144 valence electrons. The fourth-order valence-electron chi connectivity index (χ4n) is 1.79. The number of hydrogen-bond acceptors (Lipinski definition) is 2. The van der Waals surface area contributed by atoms with E-state index in [-0.39, 0.29) is 28.8 Å². The molecule has 0 aliphatic carbocycles. The summed E-state index contributed by atoms with van der Waals surface area (Å²) in [5, 5.41) is 0. The maximum absolute atomic E-state index is 13.8. The minimum atomic E-state index is -1.79. The number of halogens is 4. The molecule has 0 aromatic heterocycles. The lowest BCUT2D eigenvalue weighted by atomic mass is 10.1. The Balaban J connectivity index is 0.00000146. The molecular weight excluding hydrogens is 409 g/mol. The van der Waals surface area contributed by atoms with Crippen LogP contribution in [0.1, 0.15) is 44.5 Å². The minimum Gasteiger partial charge on any atom is -0.490 e. The monoisotopic (exact) mass is 432 g/mol. The number of benzene rings is 2. The quantitative estimate of drug-likeness (QED) is 0.470.